The van der Waals surface area contributed by atoms with E-state index in [4.69, 9.17) is 5.73 Å². The third kappa shape index (κ3) is 3.00. The lowest BCUT2D eigenvalue weighted by Gasteiger charge is -2.19. The van der Waals surface area contributed by atoms with Crippen molar-refractivity contribution in [1.29, 1.82) is 0 Å². The molecule has 4 heteroatoms. The van der Waals surface area contributed by atoms with Gasteiger partial charge in [-0.25, -0.2) is 4.39 Å². The summed E-state index contributed by atoms with van der Waals surface area (Å²) in [5.41, 5.74) is 6.46. The largest absolute Gasteiger partial charge is 0.391 e. The van der Waals surface area contributed by atoms with Gasteiger partial charge >= 0.3 is 0 Å². The Morgan fingerprint density at radius 3 is 2.80 bits per heavy atom. The molecule has 0 saturated heterocycles. The summed E-state index contributed by atoms with van der Waals surface area (Å²) in [5.74, 6) is -0.355. The molecule has 0 aliphatic carbocycles. The summed E-state index contributed by atoms with van der Waals surface area (Å²) in [4.78, 5) is 0. The van der Waals surface area contributed by atoms with E-state index in [0.717, 1.165) is 6.42 Å². The molecule has 1 rings (SSSR count). The fraction of sp³-hybridized carbons (Fsp3) is 0.455. The minimum atomic E-state index is -0.631. The maximum atomic E-state index is 13.2. The van der Waals surface area contributed by atoms with Gasteiger partial charge < -0.3 is 10.8 Å². The Balaban J connectivity index is 2.90. The topological polar surface area (TPSA) is 46.2 Å². The number of aliphatic hydroxyl groups excluding tert-OH is 1. The van der Waals surface area contributed by atoms with Gasteiger partial charge in [-0.05, 0) is 34.0 Å². The van der Waals surface area contributed by atoms with Gasteiger partial charge in [-0.1, -0.05) is 25.5 Å². The van der Waals surface area contributed by atoms with Gasteiger partial charge in [0.1, 0.15) is 5.82 Å². The number of hydrogen-bond acceptors (Lipinski definition) is 2. The van der Waals surface area contributed by atoms with Gasteiger partial charge in [-0.15, -0.1) is 0 Å². The SMILES string of the molecule is CCC[C@H](O)[C@H](N)c1cccc(F)c1Br. The molecule has 15 heavy (non-hydrogen) atoms. The lowest BCUT2D eigenvalue weighted by molar-refractivity contribution is 0.134. The van der Waals surface area contributed by atoms with Crippen molar-refractivity contribution in [2.45, 2.75) is 31.9 Å². The van der Waals surface area contributed by atoms with E-state index in [1.807, 2.05) is 6.92 Å². The highest BCUT2D eigenvalue weighted by atomic mass is 79.9. The molecule has 0 spiro atoms. The normalized spacial score (nSPS) is 15.0. The van der Waals surface area contributed by atoms with E-state index in [2.05, 4.69) is 15.9 Å². The molecule has 0 aliphatic rings. The molecule has 2 atom stereocenters. The zero-order chi connectivity index (χ0) is 11.4. The van der Waals surface area contributed by atoms with Crippen LogP contribution in [0.25, 0.3) is 0 Å². The van der Waals surface area contributed by atoms with E-state index in [1.54, 1.807) is 12.1 Å². The molecule has 0 aromatic heterocycles. The van der Waals surface area contributed by atoms with Crippen LogP contribution in [0.15, 0.2) is 22.7 Å². The molecule has 0 heterocycles. The van der Waals surface area contributed by atoms with Crippen molar-refractivity contribution >= 4 is 15.9 Å². The van der Waals surface area contributed by atoms with Crippen LogP contribution in [-0.4, -0.2) is 11.2 Å². The molecule has 2 nitrogen and oxygen atoms in total. The summed E-state index contributed by atoms with van der Waals surface area (Å²) in [6.07, 6.45) is 0.833. The average molecular weight is 276 g/mol. The highest BCUT2D eigenvalue weighted by Crippen LogP contribution is 2.27. The molecule has 3 N–H and O–H groups in total. The van der Waals surface area contributed by atoms with Crippen molar-refractivity contribution in [3.05, 3.63) is 34.1 Å². The predicted octanol–water partition coefficient (Wildman–Crippen LogP) is 2.75. The Kier molecular flexibility index (Phi) is 4.70. The first-order chi connectivity index (χ1) is 7.07. The standard InChI is InChI=1S/C11H15BrFNO/c1-2-4-9(15)11(14)7-5-3-6-8(13)10(7)12/h3,5-6,9,11,15H,2,4,14H2,1H3/t9-,11+/m0/s1. The molecule has 0 bridgehead atoms. The third-order valence-corrected chi connectivity index (χ3v) is 3.18. The van der Waals surface area contributed by atoms with E-state index in [0.29, 0.717) is 16.5 Å². The molecule has 1 aromatic rings. The Hall–Kier alpha value is -0.450. The first-order valence-corrected chi connectivity index (χ1v) is 5.74. The van der Waals surface area contributed by atoms with Crippen molar-refractivity contribution in [1.82, 2.24) is 0 Å². The maximum absolute atomic E-state index is 13.2. The fourth-order valence-electron chi connectivity index (χ4n) is 1.46. The van der Waals surface area contributed by atoms with E-state index in [1.165, 1.54) is 6.07 Å². The van der Waals surface area contributed by atoms with Gasteiger partial charge in [0.05, 0.1) is 16.6 Å². The van der Waals surface area contributed by atoms with Crippen LogP contribution < -0.4 is 5.73 Å². The molecule has 0 fully saturated rings. The van der Waals surface area contributed by atoms with Crippen LogP contribution in [0.5, 0.6) is 0 Å². The van der Waals surface area contributed by atoms with E-state index >= 15 is 0 Å². The molecule has 1 aromatic carbocycles. The smallest absolute Gasteiger partial charge is 0.137 e. The Morgan fingerprint density at radius 2 is 2.20 bits per heavy atom. The maximum Gasteiger partial charge on any atom is 0.137 e. The second kappa shape index (κ2) is 5.58. The monoisotopic (exact) mass is 275 g/mol. The first-order valence-electron chi connectivity index (χ1n) is 4.95. The molecule has 0 aliphatic heterocycles. The highest BCUT2D eigenvalue weighted by molar-refractivity contribution is 9.10. The van der Waals surface area contributed by atoms with Gasteiger partial charge in [0.25, 0.3) is 0 Å². The van der Waals surface area contributed by atoms with E-state index in [-0.39, 0.29) is 5.82 Å². The van der Waals surface area contributed by atoms with Crippen LogP contribution in [0.3, 0.4) is 0 Å². The summed E-state index contributed by atoms with van der Waals surface area (Å²) in [7, 11) is 0. The number of benzene rings is 1. The van der Waals surface area contributed by atoms with Crippen molar-refractivity contribution in [2.75, 3.05) is 0 Å². The quantitative estimate of drug-likeness (QED) is 0.888. The molecular formula is C11H15BrFNO. The zero-order valence-electron chi connectivity index (χ0n) is 8.58. The number of nitrogens with two attached hydrogens (primary N) is 1. The van der Waals surface area contributed by atoms with Gasteiger partial charge in [0.2, 0.25) is 0 Å². The summed E-state index contributed by atoms with van der Waals surface area (Å²) >= 11 is 3.13. The highest BCUT2D eigenvalue weighted by Gasteiger charge is 2.19. The van der Waals surface area contributed by atoms with E-state index < -0.39 is 12.1 Å². The van der Waals surface area contributed by atoms with Crippen LogP contribution >= 0.6 is 15.9 Å². The van der Waals surface area contributed by atoms with Crippen molar-refractivity contribution in [2.24, 2.45) is 5.73 Å². The van der Waals surface area contributed by atoms with Crippen molar-refractivity contribution in [3.63, 3.8) is 0 Å². The number of rotatable bonds is 4. The molecule has 0 amide bonds. The molecule has 0 saturated carbocycles. The van der Waals surface area contributed by atoms with Crippen LogP contribution in [-0.2, 0) is 0 Å². The number of aliphatic hydroxyl groups is 1. The summed E-state index contributed by atoms with van der Waals surface area (Å²) in [5, 5.41) is 9.72. The van der Waals surface area contributed by atoms with Crippen LogP contribution in [0, 0.1) is 5.82 Å². The lowest BCUT2D eigenvalue weighted by atomic mass is 9.99. The van der Waals surface area contributed by atoms with Gasteiger partial charge in [-0.2, -0.15) is 0 Å². The van der Waals surface area contributed by atoms with Crippen molar-refractivity contribution < 1.29 is 9.50 Å². The molecule has 84 valence electrons. The van der Waals surface area contributed by atoms with Gasteiger partial charge in [-0.3, -0.25) is 0 Å². The number of hydrogen-bond donors (Lipinski definition) is 2. The number of halogens is 2. The molecule has 0 unspecified atom stereocenters. The van der Waals surface area contributed by atoms with E-state index in [9.17, 15) is 9.50 Å². The average Bonchev–Trinajstić information content (AvgIpc) is 2.21. The predicted molar refractivity (Wildman–Crippen MR) is 61.9 cm³/mol. The Morgan fingerprint density at radius 1 is 1.53 bits per heavy atom. The Labute approximate surface area is 97.4 Å². The second-order valence-corrected chi connectivity index (χ2v) is 4.32. The first kappa shape index (κ1) is 12.6. The van der Waals surface area contributed by atoms with Gasteiger partial charge in [0, 0.05) is 0 Å². The summed E-state index contributed by atoms with van der Waals surface area (Å²) < 4.78 is 13.5. The van der Waals surface area contributed by atoms with Crippen molar-refractivity contribution in [3.8, 4) is 0 Å². The lowest BCUT2D eigenvalue weighted by Crippen LogP contribution is -2.26. The minimum Gasteiger partial charge on any atom is -0.391 e. The summed E-state index contributed by atoms with van der Waals surface area (Å²) in [6, 6.07) is 4.12. The van der Waals surface area contributed by atoms with Crippen LogP contribution in [0.4, 0.5) is 4.39 Å². The molecule has 0 radical (unpaired) electrons. The Bertz CT molecular complexity index is 332. The third-order valence-electron chi connectivity index (χ3n) is 2.34. The van der Waals surface area contributed by atoms with Gasteiger partial charge in [0.15, 0.2) is 0 Å². The zero-order valence-corrected chi connectivity index (χ0v) is 10.2. The van der Waals surface area contributed by atoms with Crippen LogP contribution in [0.1, 0.15) is 31.4 Å². The fourth-order valence-corrected chi connectivity index (χ4v) is 1.99. The van der Waals surface area contributed by atoms with Crippen LogP contribution in [0.2, 0.25) is 0 Å². The minimum absolute atomic E-state index is 0.340. The second-order valence-electron chi connectivity index (χ2n) is 3.52. The summed E-state index contributed by atoms with van der Waals surface area (Å²) in [6.45, 7) is 1.97. The molecular weight excluding hydrogens is 261 g/mol.